The minimum Gasteiger partial charge on any atom is -0.399 e. The number of benzene rings is 1. The first-order chi connectivity index (χ1) is 7.24. The molecule has 15 heavy (non-hydrogen) atoms. The average molecular weight is 233 g/mol. The van der Waals surface area contributed by atoms with Crippen LogP contribution < -0.4 is 5.73 Å². The SMILES string of the molecule is Nc1ccc(/C=C/c2ccc(S)s2)cc1. The molecule has 0 saturated carbocycles. The predicted molar refractivity (Wildman–Crippen MR) is 71.4 cm³/mol. The molecule has 1 heterocycles. The fourth-order valence-electron chi connectivity index (χ4n) is 1.22. The van der Waals surface area contributed by atoms with E-state index in [2.05, 4.69) is 30.8 Å². The molecule has 0 aliphatic heterocycles. The van der Waals surface area contributed by atoms with Crippen molar-refractivity contribution in [3.63, 3.8) is 0 Å². The molecule has 1 aromatic heterocycles. The zero-order valence-corrected chi connectivity index (χ0v) is 9.76. The van der Waals surface area contributed by atoms with Gasteiger partial charge in [-0.3, -0.25) is 0 Å². The van der Waals surface area contributed by atoms with Gasteiger partial charge in [-0.1, -0.05) is 18.2 Å². The largest absolute Gasteiger partial charge is 0.399 e. The second-order valence-corrected chi connectivity index (χ2v) is 5.08. The van der Waals surface area contributed by atoms with Crippen molar-refractivity contribution in [1.82, 2.24) is 0 Å². The maximum atomic E-state index is 5.61. The molecule has 1 aromatic carbocycles. The molecule has 0 spiro atoms. The number of hydrogen-bond donors (Lipinski definition) is 2. The lowest BCUT2D eigenvalue weighted by Gasteiger charge is -1.93. The van der Waals surface area contributed by atoms with E-state index in [0.717, 1.165) is 15.5 Å². The van der Waals surface area contributed by atoms with E-state index >= 15 is 0 Å². The van der Waals surface area contributed by atoms with Gasteiger partial charge in [-0.2, -0.15) is 0 Å². The topological polar surface area (TPSA) is 26.0 Å². The summed E-state index contributed by atoms with van der Waals surface area (Å²) in [5.41, 5.74) is 7.55. The lowest BCUT2D eigenvalue weighted by Crippen LogP contribution is -1.82. The van der Waals surface area contributed by atoms with Gasteiger partial charge in [-0.15, -0.1) is 24.0 Å². The van der Waals surface area contributed by atoms with Crippen LogP contribution in [0.2, 0.25) is 0 Å². The zero-order chi connectivity index (χ0) is 10.7. The Morgan fingerprint density at radius 1 is 1.00 bits per heavy atom. The van der Waals surface area contributed by atoms with E-state index in [0.29, 0.717) is 0 Å². The molecule has 2 aromatic rings. The normalized spacial score (nSPS) is 11.0. The Bertz CT molecular complexity index is 469. The molecule has 3 heteroatoms. The summed E-state index contributed by atoms with van der Waals surface area (Å²) >= 11 is 5.93. The first-order valence-electron chi connectivity index (χ1n) is 4.56. The first kappa shape index (κ1) is 10.3. The van der Waals surface area contributed by atoms with Crippen LogP contribution in [-0.4, -0.2) is 0 Å². The Balaban J connectivity index is 2.14. The minimum absolute atomic E-state index is 0.793. The molecular weight excluding hydrogens is 222 g/mol. The van der Waals surface area contributed by atoms with Crippen molar-refractivity contribution in [1.29, 1.82) is 0 Å². The number of thiol groups is 1. The Morgan fingerprint density at radius 3 is 2.33 bits per heavy atom. The van der Waals surface area contributed by atoms with Crippen molar-refractivity contribution < 1.29 is 0 Å². The van der Waals surface area contributed by atoms with Crippen LogP contribution in [0.25, 0.3) is 12.2 Å². The van der Waals surface area contributed by atoms with Crippen molar-refractivity contribution in [2.24, 2.45) is 0 Å². The highest BCUT2D eigenvalue weighted by Crippen LogP contribution is 2.21. The maximum Gasteiger partial charge on any atom is 0.0574 e. The Kier molecular flexibility index (Phi) is 3.14. The summed E-state index contributed by atoms with van der Waals surface area (Å²) in [4.78, 5) is 1.21. The van der Waals surface area contributed by atoms with Crippen molar-refractivity contribution in [2.75, 3.05) is 5.73 Å². The lowest BCUT2D eigenvalue weighted by molar-refractivity contribution is 1.65. The van der Waals surface area contributed by atoms with E-state index in [9.17, 15) is 0 Å². The third-order valence-electron chi connectivity index (χ3n) is 1.99. The van der Waals surface area contributed by atoms with Crippen molar-refractivity contribution in [3.05, 3.63) is 46.8 Å². The van der Waals surface area contributed by atoms with Gasteiger partial charge in [-0.05, 0) is 35.9 Å². The van der Waals surface area contributed by atoms with E-state index in [1.807, 2.05) is 30.3 Å². The molecule has 0 aliphatic rings. The first-order valence-corrected chi connectivity index (χ1v) is 5.83. The van der Waals surface area contributed by atoms with Crippen LogP contribution in [-0.2, 0) is 0 Å². The van der Waals surface area contributed by atoms with E-state index < -0.39 is 0 Å². The summed E-state index contributed by atoms with van der Waals surface area (Å²) in [5.74, 6) is 0. The fourth-order valence-corrected chi connectivity index (χ4v) is 2.26. The van der Waals surface area contributed by atoms with Gasteiger partial charge in [0.1, 0.15) is 0 Å². The predicted octanol–water partition coefficient (Wildman–Crippen LogP) is 3.79. The van der Waals surface area contributed by atoms with Crippen LogP contribution in [0, 0.1) is 0 Å². The van der Waals surface area contributed by atoms with Crippen molar-refractivity contribution in [2.45, 2.75) is 4.21 Å². The molecule has 0 radical (unpaired) electrons. The molecule has 1 nitrogen and oxygen atoms in total. The molecule has 0 unspecified atom stereocenters. The van der Waals surface area contributed by atoms with Crippen molar-refractivity contribution in [3.8, 4) is 0 Å². The van der Waals surface area contributed by atoms with Gasteiger partial charge in [0.25, 0.3) is 0 Å². The molecular formula is C12H11NS2. The molecule has 2 rings (SSSR count). The highest BCUT2D eigenvalue weighted by atomic mass is 32.2. The van der Waals surface area contributed by atoms with Gasteiger partial charge in [-0.25, -0.2) is 0 Å². The van der Waals surface area contributed by atoms with Gasteiger partial charge < -0.3 is 5.73 Å². The molecule has 0 atom stereocenters. The highest BCUT2D eigenvalue weighted by Gasteiger charge is 1.92. The Labute approximate surface area is 98.7 Å². The van der Waals surface area contributed by atoms with Gasteiger partial charge in [0.2, 0.25) is 0 Å². The van der Waals surface area contributed by atoms with Crippen LogP contribution in [0.4, 0.5) is 5.69 Å². The van der Waals surface area contributed by atoms with Crippen LogP contribution in [0.1, 0.15) is 10.4 Å². The van der Waals surface area contributed by atoms with E-state index in [4.69, 9.17) is 5.73 Å². The van der Waals surface area contributed by atoms with Crippen LogP contribution in [0.3, 0.4) is 0 Å². The summed E-state index contributed by atoms with van der Waals surface area (Å²) in [6, 6.07) is 11.9. The zero-order valence-electron chi connectivity index (χ0n) is 8.05. The van der Waals surface area contributed by atoms with Crippen LogP contribution >= 0.6 is 24.0 Å². The van der Waals surface area contributed by atoms with E-state index in [1.165, 1.54) is 4.88 Å². The smallest absolute Gasteiger partial charge is 0.0574 e. The lowest BCUT2D eigenvalue weighted by atomic mass is 10.2. The quantitative estimate of drug-likeness (QED) is 0.599. The summed E-state index contributed by atoms with van der Waals surface area (Å²) in [6.07, 6.45) is 4.15. The molecule has 0 saturated heterocycles. The standard InChI is InChI=1S/C12H11NS2/c13-10-4-1-9(2-5-10)3-6-11-7-8-12(14)15-11/h1-8,14H,13H2/b6-3+. The summed E-state index contributed by atoms with van der Waals surface area (Å²) in [5, 5.41) is 0. The Morgan fingerprint density at radius 2 is 1.73 bits per heavy atom. The van der Waals surface area contributed by atoms with Crippen LogP contribution in [0.15, 0.2) is 40.6 Å². The number of hydrogen-bond acceptors (Lipinski definition) is 3. The number of nitrogens with two attached hydrogens (primary N) is 1. The van der Waals surface area contributed by atoms with Crippen molar-refractivity contribution >= 4 is 41.8 Å². The molecule has 0 amide bonds. The van der Waals surface area contributed by atoms with Crippen LogP contribution in [0.5, 0.6) is 0 Å². The summed E-state index contributed by atoms with van der Waals surface area (Å²) in [7, 11) is 0. The summed E-state index contributed by atoms with van der Waals surface area (Å²) in [6.45, 7) is 0. The molecule has 0 fully saturated rings. The number of anilines is 1. The second kappa shape index (κ2) is 4.55. The van der Waals surface area contributed by atoms with E-state index in [1.54, 1.807) is 11.3 Å². The number of rotatable bonds is 2. The van der Waals surface area contributed by atoms with Gasteiger partial charge >= 0.3 is 0 Å². The average Bonchev–Trinajstić information content (AvgIpc) is 2.64. The van der Waals surface area contributed by atoms with Gasteiger partial charge in [0, 0.05) is 10.6 Å². The maximum absolute atomic E-state index is 5.61. The highest BCUT2D eigenvalue weighted by molar-refractivity contribution is 7.82. The van der Waals surface area contributed by atoms with Gasteiger partial charge in [0.15, 0.2) is 0 Å². The number of nitrogen functional groups attached to an aromatic ring is 1. The molecule has 0 bridgehead atoms. The monoisotopic (exact) mass is 233 g/mol. The third-order valence-corrected chi connectivity index (χ3v) is 3.27. The number of thiophene rings is 1. The van der Waals surface area contributed by atoms with E-state index in [-0.39, 0.29) is 0 Å². The molecule has 2 N–H and O–H groups in total. The summed E-state index contributed by atoms with van der Waals surface area (Å²) < 4.78 is 1.03. The Hall–Kier alpha value is -1.19. The molecule has 76 valence electrons. The fraction of sp³-hybridized carbons (Fsp3) is 0. The molecule has 0 aliphatic carbocycles. The third kappa shape index (κ3) is 2.88. The van der Waals surface area contributed by atoms with Gasteiger partial charge in [0.05, 0.1) is 4.21 Å². The minimum atomic E-state index is 0.793. The second-order valence-electron chi connectivity index (χ2n) is 3.18.